The van der Waals surface area contributed by atoms with E-state index in [4.69, 9.17) is 9.47 Å². The van der Waals surface area contributed by atoms with Gasteiger partial charge in [0, 0.05) is 14.2 Å². The first kappa shape index (κ1) is 13.1. The first-order chi connectivity index (χ1) is 8.10. The Morgan fingerprint density at radius 1 is 1.41 bits per heavy atom. The fourth-order valence-corrected chi connectivity index (χ4v) is 1.20. The van der Waals surface area contributed by atoms with Crippen LogP contribution in [0.3, 0.4) is 0 Å². The third-order valence-corrected chi connectivity index (χ3v) is 1.91. The third kappa shape index (κ3) is 3.25. The van der Waals surface area contributed by atoms with Gasteiger partial charge in [0.05, 0.1) is 11.5 Å². The molecule has 0 radical (unpaired) electrons. The van der Waals surface area contributed by atoms with Crippen molar-refractivity contribution >= 4 is 11.5 Å². The Morgan fingerprint density at radius 2 is 2.12 bits per heavy atom. The van der Waals surface area contributed by atoms with Gasteiger partial charge in [-0.25, -0.2) is 4.98 Å². The van der Waals surface area contributed by atoms with Crippen molar-refractivity contribution < 1.29 is 14.4 Å². The van der Waals surface area contributed by atoms with E-state index in [-0.39, 0.29) is 24.0 Å². The zero-order valence-corrected chi connectivity index (χ0v) is 9.89. The zero-order valence-electron chi connectivity index (χ0n) is 9.89. The summed E-state index contributed by atoms with van der Waals surface area (Å²) in [7, 11) is 3.07. The monoisotopic (exact) mass is 242 g/mol. The molecule has 17 heavy (non-hydrogen) atoms. The van der Waals surface area contributed by atoms with Gasteiger partial charge in [-0.3, -0.25) is 10.1 Å². The molecule has 0 bridgehead atoms. The van der Waals surface area contributed by atoms with E-state index in [1.165, 1.54) is 7.11 Å². The van der Waals surface area contributed by atoms with Gasteiger partial charge in [0.25, 0.3) is 5.88 Å². The van der Waals surface area contributed by atoms with Gasteiger partial charge in [-0.1, -0.05) is 0 Å². The molecule has 8 nitrogen and oxygen atoms in total. The molecule has 0 aliphatic rings. The topological polar surface area (TPSA) is 99.4 Å². The molecule has 1 aromatic rings. The second-order valence-electron chi connectivity index (χ2n) is 3.12. The number of hydrogen-bond donors (Lipinski definition) is 1. The quantitative estimate of drug-likeness (QED) is 0.446. The van der Waals surface area contributed by atoms with E-state index in [2.05, 4.69) is 15.3 Å². The van der Waals surface area contributed by atoms with Crippen molar-refractivity contribution in [1.82, 2.24) is 9.97 Å². The SMILES string of the molecule is CNc1nc(C)nc(OCCOC)c1[N+](=O)[O-]. The number of rotatable bonds is 6. The lowest BCUT2D eigenvalue weighted by molar-refractivity contribution is -0.385. The second-order valence-corrected chi connectivity index (χ2v) is 3.12. The van der Waals surface area contributed by atoms with Gasteiger partial charge in [-0.05, 0) is 6.92 Å². The standard InChI is InChI=1S/C9H14N4O4/c1-6-11-8(10-2)7(13(14)15)9(12-6)17-5-4-16-3/h4-5H2,1-3H3,(H,10,11,12). The van der Waals surface area contributed by atoms with Gasteiger partial charge in [-0.2, -0.15) is 4.98 Å². The van der Waals surface area contributed by atoms with E-state index in [1.54, 1.807) is 14.0 Å². The third-order valence-electron chi connectivity index (χ3n) is 1.91. The fraction of sp³-hybridized carbons (Fsp3) is 0.556. The smallest absolute Gasteiger partial charge is 0.372 e. The molecule has 94 valence electrons. The van der Waals surface area contributed by atoms with Crippen molar-refractivity contribution in [1.29, 1.82) is 0 Å². The zero-order chi connectivity index (χ0) is 12.8. The van der Waals surface area contributed by atoms with Crippen LogP contribution >= 0.6 is 0 Å². The number of aromatic nitrogens is 2. The van der Waals surface area contributed by atoms with Gasteiger partial charge < -0.3 is 14.8 Å². The summed E-state index contributed by atoms with van der Waals surface area (Å²) in [6, 6.07) is 0. The first-order valence-corrected chi connectivity index (χ1v) is 4.92. The molecule has 0 saturated heterocycles. The Bertz CT molecular complexity index is 410. The predicted molar refractivity (Wildman–Crippen MR) is 60.3 cm³/mol. The fourth-order valence-electron chi connectivity index (χ4n) is 1.20. The lowest BCUT2D eigenvalue weighted by atomic mass is 10.4. The van der Waals surface area contributed by atoms with Gasteiger partial charge in [0.15, 0.2) is 0 Å². The highest BCUT2D eigenvalue weighted by Crippen LogP contribution is 2.31. The van der Waals surface area contributed by atoms with Crippen molar-refractivity contribution in [3.8, 4) is 5.88 Å². The molecule has 1 heterocycles. The van der Waals surface area contributed by atoms with Crippen LogP contribution < -0.4 is 10.1 Å². The van der Waals surface area contributed by atoms with Crippen molar-refractivity contribution in [3.63, 3.8) is 0 Å². The summed E-state index contributed by atoms with van der Waals surface area (Å²) in [5, 5.41) is 13.6. The molecular formula is C9H14N4O4. The Hall–Kier alpha value is -1.96. The Morgan fingerprint density at radius 3 is 2.65 bits per heavy atom. The number of ether oxygens (including phenoxy) is 2. The lowest BCUT2D eigenvalue weighted by Crippen LogP contribution is -2.10. The average molecular weight is 242 g/mol. The number of nitrogens with one attached hydrogen (secondary N) is 1. The van der Waals surface area contributed by atoms with Crippen LogP contribution in [-0.2, 0) is 4.74 Å². The van der Waals surface area contributed by atoms with Crippen LogP contribution in [0.15, 0.2) is 0 Å². The number of methoxy groups -OCH3 is 1. The molecular weight excluding hydrogens is 228 g/mol. The molecule has 0 aliphatic carbocycles. The summed E-state index contributed by atoms with van der Waals surface area (Å²) < 4.78 is 10.0. The van der Waals surface area contributed by atoms with Gasteiger partial charge >= 0.3 is 5.69 Å². The second kappa shape index (κ2) is 5.94. The van der Waals surface area contributed by atoms with Crippen LogP contribution in [0.5, 0.6) is 5.88 Å². The summed E-state index contributed by atoms with van der Waals surface area (Å²) in [4.78, 5) is 18.2. The molecule has 1 N–H and O–H groups in total. The van der Waals surface area contributed by atoms with Gasteiger partial charge in [-0.15, -0.1) is 0 Å². The molecule has 0 saturated carbocycles. The van der Waals surface area contributed by atoms with E-state index in [0.29, 0.717) is 12.4 Å². The lowest BCUT2D eigenvalue weighted by Gasteiger charge is -2.08. The highest BCUT2D eigenvalue weighted by Gasteiger charge is 2.24. The highest BCUT2D eigenvalue weighted by atomic mass is 16.6. The van der Waals surface area contributed by atoms with Crippen molar-refractivity contribution in [2.45, 2.75) is 6.92 Å². The maximum absolute atomic E-state index is 10.9. The van der Waals surface area contributed by atoms with Gasteiger partial charge in [0.2, 0.25) is 5.82 Å². The molecule has 0 amide bonds. The Balaban J connectivity index is 3.07. The Labute approximate surface area is 98.1 Å². The van der Waals surface area contributed by atoms with Crippen LogP contribution in [0.4, 0.5) is 11.5 Å². The minimum atomic E-state index is -0.576. The maximum atomic E-state index is 10.9. The summed E-state index contributed by atoms with van der Waals surface area (Å²) >= 11 is 0. The van der Waals surface area contributed by atoms with E-state index in [0.717, 1.165) is 0 Å². The highest BCUT2D eigenvalue weighted by molar-refractivity contribution is 5.61. The molecule has 1 rings (SSSR count). The van der Waals surface area contributed by atoms with E-state index < -0.39 is 4.92 Å². The van der Waals surface area contributed by atoms with Gasteiger partial charge in [0.1, 0.15) is 12.4 Å². The van der Waals surface area contributed by atoms with Crippen molar-refractivity contribution in [2.75, 3.05) is 32.7 Å². The van der Waals surface area contributed by atoms with Crippen LogP contribution in [0.25, 0.3) is 0 Å². The van der Waals surface area contributed by atoms with Crippen LogP contribution in [0, 0.1) is 17.0 Å². The summed E-state index contributed by atoms with van der Waals surface area (Å²) in [5.74, 6) is 0.478. The van der Waals surface area contributed by atoms with Crippen molar-refractivity contribution in [2.24, 2.45) is 0 Å². The molecule has 0 atom stereocenters. The van der Waals surface area contributed by atoms with E-state index >= 15 is 0 Å². The van der Waals surface area contributed by atoms with Crippen molar-refractivity contribution in [3.05, 3.63) is 15.9 Å². The number of nitrogens with zero attached hydrogens (tertiary/aromatic N) is 3. The number of aryl methyl sites for hydroxylation is 1. The minimum Gasteiger partial charge on any atom is -0.470 e. The Kier molecular flexibility index (Phi) is 4.58. The number of nitro groups is 1. The number of anilines is 1. The molecule has 8 heteroatoms. The number of hydrogen-bond acceptors (Lipinski definition) is 7. The molecule has 0 spiro atoms. The molecule has 0 aliphatic heterocycles. The summed E-state index contributed by atoms with van der Waals surface area (Å²) in [6.07, 6.45) is 0. The molecule has 1 aromatic heterocycles. The molecule has 0 fully saturated rings. The largest absolute Gasteiger partial charge is 0.470 e. The maximum Gasteiger partial charge on any atom is 0.372 e. The average Bonchev–Trinajstić information content (AvgIpc) is 2.28. The minimum absolute atomic E-state index is 0.0519. The van der Waals surface area contributed by atoms with E-state index in [1.807, 2.05) is 0 Å². The molecule has 0 unspecified atom stereocenters. The summed E-state index contributed by atoms with van der Waals surface area (Å²) in [6.45, 7) is 2.15. The van der Waals surface area contributed by atoms with Crippen LogP contribution in [0.1, 0.15) is 5.82 Å². The van der Waals surface area contributed by atoms with Crippen LogP contribution in [0.2, 0.25) is 0 Å². The predicted octanol–water partition coefficient (Wildman–Crippen LogP) is 0.760. The molecule has 0 aromatic carbocycles. The summed E-state index contributed by atoms with van der Waals surface area (Å²) in [5.41, 5.74) is -0.269. The van der Waals surface area contributed by atoms with E-state index in [9.17, 15) is 10.1 Å². The normalized spacial score (nSPS) is 10.1. The first-order valence-electron chi connectivity index (χ1n) is 4.92. The van der Waals surface area contributed by atoms with Crippen LogP contribution in [-0.4, -0.2) is 42.3 Å².